The van der Waals surface area contributed by atoms with Gasteiger partial charge >= 0.3 is 0 Å². The molecule has 0 aromatic heterocycles. The van der Waals surface area contributed by atoms with Crippen molar-refractivity contribution in [3.8, 4) is 0 Å². The van der Waals surface area contributed by atoms with Crippen LogP contribution in [0.3, 0.4) is 0 Å². The van der Waals surface area contributed by atoms with E-state index >= 15 is 0 Å². The Bertz CT molecular complexity index is 620. The van der Waals surface area contributed by atoms with Gasteiger partial charge in [0.25, 0.3) is 0 Å². The van der Waals surface area contributed by atoms with Crippen molar-refractivity contribution in [3.63, 3.8) is 0 Å². The zero-order chi connectivity index (χ0) is 12.4. The van der Waals surface area contributed by atoms with E-state index in [0.29, 0.717) is 11.3 Å². The molecule has 0 radical (unpaired) electrons. The van der Waals surface area contributed by atoms with E-state index < -0.39 is 0 Å². The molecule has 1 unspecified atom stereocenters. The second kappa shape index (κ2) is 3.30. The summed E-state index contributed by atoms with van der Waals surface area (Å²) in [5.74, 6) is 1.56. The van der Waals surface area contributed by atoms with Crippen LogP contribution in [0.2, 0.25) is 0 Å². The summed E-state index contributed by atoms with van der Waals surface area (Å²) in [4.78, 5) is 0. The number of hydrogen-bond donors (Lipinski definition) is 0. The Morgan fingerprint density at radius 2 is 1.47 bits per heavy atom. The van der Waals surface area contributed by atoms with E-state index in [1.165, 1.54) is 25.7 Å². The van der Waals surface area contributed by atoms with E-state index in [1.54, 1.807) is 22.3 Å². The Labute approximate surface area is 114 Å². The van der Waals surface area contributed by atoms with Gasteiger partial charge in [-0.05, 0) is 47.4 Å². The zero-order valence-corrected chi connectivity index (χ0v) is 11.1. The summed E-state index contributed by atoms with van der Waals surface area (Å²) in [6, 6.07) is 18.5. The van der Waals surface area contributed by atoms with Crippen LogP contribution in [-0.2, 0) is 5.41 Å². The van der Waals surface area contributed by atoms with Gasteiger partial charge in [-0.15, -0.1) is 0 Å². The summed E-state index contributed by atoms with van der Waals surface area (Å²) >= 11 is 0. The molecular weight excluding hydrogens is 228 g/mol. The molecule has 94 valence electrons. The van der Waals surface area contributed by atoms with Crippen LogP contribution in [0.15, 0.2) is 48.5 Å². The second-order valence-corrected chi connectivity index (χ2v) is 6.52. The molecule has 19 heavy (non-hydrogen) atoms. The van der Waals surface area contributed by atoms with E-state index in [9.17, 15) is 0 Å². The number of hydrogen-bond acceptors (Lipinski definition) is 0. The van der Waals surface area contributed by atoms with E-state index in [2.05, 4.69) is 48.5 Å². The molecule has 2 aromatic rings. The first kappa shape index (κ1) is 10.3. The molecule has 1 spiro atoms. The van der Waals surface area contributed by atoms with Crippen molar-refractivity contribution < 1.29 is 0 Å². The monoisotopic (exact) mass is 246 g/mol. The highest BCUT2D eigenvalue weighted by Gasteiger charge is 2.55. The lowest BCUT2D eigenvalue weighted by atomic mass is 9.52. The smallest absolute Gasteiger partial charge is 0.0237 e. The average Bonchev–Trinajstić information content (AvgIpc) is 2.92. The van der Waals surface area contributed by atoms with Crippen LogP contribution in [0.5, 0.6) is 0 Å². The molecule has 1 saturated carbocycles. The van der Waals surface area contributed by atoms with Crippen molar-refractivity contribution in [1.82, 2.24) is 0 Å². The van der Waals surface area contributed by atoms with Crippen LogP contribution in [-0.4, -0.2) is 0 Å². The Morgan fingerprint density at radius 1 is 0.842 bits per heavy atom. The first-order chi connectivity index (χ1) is 9.41. The fourth-order valence-corrected chi connectivity index (χ4v) is 5.37. The van der Waals surface area contributed by atoms with Crippen LogP contribution in [0.25, 0.3) is 0 Å². The van der Waals surface area contributed by atoms with Gasteiger partial charge < -0.3 is 0 Å². The van der Waals surface area contributed by atoms with Gasteiger partial charge in [0.1, 0.15) is 0 Å². The Kier molecular flexibility index (Phi) is 1.78. The molecule has 0 heterocycles. The lowest BCUT2D eigenvalue weighted by Crippen LogP contribution is -2.43. The third kappa shape index (κ3) is 1.04. The SMILES string of the molecule is c1ccc2c(c1)C1CC3CCCC23c2ccccc21. The van der Waals surface area contributed by atoms with E-state index in [4.69, 9.17) is 0 Å². The number of benzene rings is 2. The first-order valence-electron chi connectivity index (χ1n) is 7.60. The predicted octanol–water partition coefficient (Wildman–Crippen LogP) is 4.62. The molecule has 0 saturated heterocycles. The zero-order valence-electron chi connectivity index (χ0n) is 11.1. The molecule has 4 aliphatic carbocycles. The van der Waals surface area contributed by atoms with Crippen LogP contribution < -0.4 is 0 Å². The Balaban J connectivity index is 1.92. The first-order valence-corrected chi connectivity index (χ1v) is 7.60. The van der Waals surface area contributed by atoms with Crippen molar-refractivity contribution in [2.24, 2.45) is 5.92 Å². The molecule has 0 N–H and O–H groups in total. The van der Waals surface area contributed by atoms with Crippen molar-refractivity contribution >= 4 is 0 Å². The van der Waals surface area contributed by atoms with Crippen LogP contribution >= 0.6 is 0 Å². The minimum Gasteiger partial charge on any atom is -0.0620 e. The van der Waals surface area contributed by atoms with Gasteiger partial charge in [0.15, 0.2) is 0 Å². The van der Waals surface area contributed by atoms with Gasteiger partial charge in [-0.25, -0.2) is 0 Å². The molecule has 2 aromatic carbocycles. The summed E-state index contributed by atoms with van der Waals surface area (Å²) in [5.41, 5.74) is 6.93. The van der Waals surface area contributed by atoms with Crippen molar-refractivity contribution in [2.45, 2.75) is 37.0 Å². The van der Waals surface area contributed by atoms with Gasteiger partial charge in [-0.2, -0.15) is 0 Å². The van der Waals surface area contributed by atoms with Crippen molar-refractivity contribution in [3.05, 3.63) is 70.8 Å². The Morgan fingerprint density at radius 3 is 2.16 bits per heavy atom. The van der Waals surface area contributed by atoms with Gasteiger partial charge in [-0.1, -0.05) is 55.0 Å². The van der Waals surface area contributed by atoms with Crippen molar-refractivity contribution in [1.29, 1.82) is 0 Å². The molecule has 6 rings (SSSR count). The predicted molar refractivity (Wildman–Crippen MR) is 77.5 cm³/mol. The lowest BCUT2D eigenvalue weighted by Gasteiger charge is -2.51. The third-order valence-electron chi connectivity index (χ3n) is 5.97. The standard InChI is InChI=1S/C19H18/c1-3-9-17-14(7-1)16-12-13-6-5-11-19(13,17)18-10-4-2-8-15(16)18/h1-4,7-10,13,16H,5-6,11-12H2. The molecule has 4 aliphatic rings. The summed E-state index contributed by atoms with van der Waals surface area (Å²) in [6.07, 6.45) is 5.58. The summed E-state index contributed by atoms with van der Waals surface area (Å²) in [6.45, 7) is 0. The highest BCUT2D eigenvalue weighted by atomic mass is 14.6. The highest BCUT2D eigenvalue weighted by molar-refractivity contribution is 5.60. The van der Waals surface area contributed by atoms with Crippen LogP contribution in [0.1, 0.15) is 53.9 Å². The molecule has 0 nitrogen and oxygen atoms in total. The quantitative estimate of drug-likeness (QED) is 0.636. The maximum Gasteiger partial charge on any atom is 0.0237 e. The largest absolute Gasteiger partial charge is 0.0620 e. The highest BCUT2D eigenvalue weighted by Crippen LogP contribution is 2.64. The molecular formula is C19H18. The maximum absolute atomic E-state index is 2.41. The summed E-state index contributed by atoms with van der Waals surface area (Å²) in [7, 11) is 0. The average molecular weight is 246 g/mol. The van der Waals surface area contributed by atoms with E-state index in [1.807, 2.05) is 0 Å². The van der Waals surface area contributed by atoms with Crippen LogP contribution in [0.4, 0.5) is 0 Å². The van der Waals surface area contributed by atoms with Gasteiger partial charge in [-0.3, -0.25) is 0 Å². The summed E-state index contributed by atoms with van der Waals surface area (Å²) < 4.78 is 0. The normalized spacial score (nSPS) is 33.7. The molecule has 0 amide bonds. The Hall–Kier alpha value is -1.56. The fraction of sp³-hybridized carbons (Fsp3) is 0.368. The topological polar surface area (TPSA) is 0 Å². The maximum atomic E-state index is 2.41. The fourth-order valence-electron chi connectivity index (χ4n) is 5.37. The van der Waals surface area contributed by atoms with Gasteiger partial charge in [0, 0.05) is 11.3 Å². The van der Waals surface area contributed by atoms with Gasteiger partial charge in [0.05, 0.1) is 0 Å². The third-order valence-corrected chi connectivity index (χ3v) is 5.97. The molecule has 1 atom stereocenters. The van der Waals surface area contributed by atoms with E-state index in [0.717, 1.165) is 5.92 Å². The molecule has 0 aliphatic heterocycles. The minimum absolute atomic E-state index is 0.363. The van der Waals surface area contributed by atoms with E-state index in [-0.39, 0.29) is 0 Å². The second-order valence-electron chi connectivity index (χ2n) is 6.52. The lowest BCUT2D eigenvalue weighted by molar-refractivity contribution is 0.283. The minimum atomic E-state index is 0.363. The molecule has 2 bridgehead atoms. The van der Waals surface area contributed by atoms with Gasteiger partial charge in [0.2, 0.25) is 0 Å². The number of rotatable bonds is 0. The van der Waals surface area contributed by atoms with Crippen LogP contribution in [0, 0.1) is 5.92 Å². The molecule has 1 fully saturated rings. The van der Waals surface area contributed by atoms with Crippen molar-refractivity contribution in [2.75, 3.05) is 0 Å². The molecule has 0 heteroatoms. The summed E-state index contributed by atoms with van der Waals surface area (Å²) in [5, 5.41) is 0.